The van der Waals surface area contributed by atoms with Crippen LogP contribution in [0.4, 0.5) is 0 Å². The molecule has 0 fully saturated rings. The summed E-state index contributed by atoms with van der Waals surface area (Å²) in [5, 5.41) is 4.07. The van der Waals surface area contributed by atoms with E-state index in [1.165, 1.54) is 0 Å². The van der Waals surface area contributed by atoms with Crippen LogP contribution in [0.3, 0.4) is 0 Å². The summed E-state index contributed by atoms with van der Waals surface area (Å²) in [5.74, 6) is 1.42. The average molecular weight is 306 g/mol. The Morgan fingerprint density at radius 2 is 1.67 bits per heavy atom. The lowest BCUT2D eigenvalue weighted by atomic mass is 9.98. The Hall–Kier alpha value is -1.71. The molecule has 0 saturated heterocycles. The van der Waals surface area contributed by atoms with Gasteiger partial charge in [0.1, 0.15) is 0 Å². The summed E-state index contributed by atoms with van der Waals surface area (Å²) in [7, 11) is 3.28. The molecule has 0 aliphatic heterocycles. The predicted octanol–water partition coefficient (Wildman–Crippen LogP) is 4.13. The van der Waals surface area contributed by atoms with E-state index in [-0.39, 0.29) is 0 Å². The Balaban J connectivity index is 2.58. The normalized spacial score (nSPS) is 10.5. The number of hydrogen-bond acceptors (Lipinski definition) is 3. The number of nitrogens with one attached hydrogen (secondary N) is 1. The van der Waals surface area contributed by atoms with Gasteiger partial charge < -0.3 is 14.8 Å². The van der Waals surface area contributed by atoms with Crippen LogP contribution in [0.25, 0.3) is 11.1 Å². The molecule has 0 radical (unpaired) electrons. The molecule has 0 bridgehead atoms. The maximum atomic E-state index is 6.34. The second kappa shape index (κ2) is 7.34. The minimum Gasteiger partial charge on any atom is -0.493 e. The summed E-state index contributed by atoms with van der Waals surface area (Å²) in [6, 6.07) is 11.8. The van der Waals surface area contributed by atoms with Gasteiger partial charge in [-0.05, 0) is 35.9 Å². The van der Waals surface area contributed by atoms with Gasteiger partial charge in [-0.3, -0.25) is 0 Å². The maximum Gasteiger partial charge on any atom is 0.161 e. The Kier molecular flexibility index (Phi) is 5.48. The van der Waals surface area contributed by atoms with E-state index < -0.39 is 0 Å². The summed E-state index contributed by atoms with van der Waals surface area (Å²) in [6.45, 7) is 3.73. The van der Waals surface area contributed by atoms with Gasteiger partial charge in [0.05, 0.1) is 14.2 Å². The van der Waals surface area contributed by atoms with Crippen molar-refractivity contribution in [2.45, 2.75) is 13.5 Å². The van der Waals surface area contributed by atoms with Gasteiger partial charge in [0.2, 0.25) is 0 Å². The lowest BCUT2D eigenvalue weighted by molar-refractivity contribution is 0.354. The number of rotatable bonds is 6. The van der Waals surface area contributed by atoms with Gasteiger partial charge in [0.15, 0.2) is 11.5 Å². The van der Waals surface area contributed by atoms with Crippen LogP contribution in [0, 0.1) is 0 Å². The van der Waals surface area contributed by atoms with E-state index in [1.54, 1.807) is 14.2 Å². The first-order valence-corrected chi connectivity index (χ1v) is 7.29. The van der Waals surface area contributed by atoms with E-state index in [1.807, 2.05) is 36.4 Å². The molecular weight excluding hydrogens is 286 g/mol. The number of hydrogen-bond donors (Lipinski definition) is 1. The first-order valence-electron chi connectivity index (χ1n) is 6.91. The Bertz CT molecular complexity index is 614. The summed E-state index contributed by atoms with van der Waals surface area (Å²) < 4.78 is 10.8. The fourth-order valence-corrected chi connectivity index (χ4v) is 2.49. The molecule has 0 amide bonds. The molecule has 3 nitrogen and oxygen atoms in total. The van der Waals surface area contributed by atoms with Gasteiger partial charge in [-0.1, -0.05) is 36.7 Å². The zero-order chi connectivity index (χ0) is 15.2. The molecule has 0 heterocycles. The number of methoxy groups -OCH3 is 2. The number of ether oxygens (including phenoxy) is 2. The Morgan fingerprint density at radius 3 is 2.29 bits per heavy atom. The Labute approximate surface area is 130 Å². The quantitative estimate of drug-likeness (QED) is 0.870. The van der Waals surface area contributed by atoms with Crippen molar-refractivity contribution in [3.63, 3.8) is 0 Å². The summed E-state index contributed by atoms with van der Waals surface area (Å²) >= 11 is 6.34. The SMILES string of the molecule is CCNCc1cc(OC)c(OC)cc1-c1ccccc1Cl. The zero-order valence-electron chi connectivity index (χ0n) is 12.6. The lowest BCUT2D eigenvalue weighted by Gasteiger charge is -2.16. The first kappa shape index (κ1) is 15.7. The third-order valence-corrected chi connectivity index (χ3v) is 3.67. The van der Waals surface area contributed by atoms with E-state index in [0.717, 1.165) is 40.6 Å². The highest BCUT2D eigenvalue weighted by Crippen LogP contribution is 2.38. The smallest absolute Gasteiger partial charge is 0.161 e. The van der Waals surface area contributed by atoms with E-state index >= 15 is 0 Å². The largest absolute Gasteiger partial charge is 0.493 e. The molecule has 2 rings (SSSR count). The second-order valence-corrected chi connectivity index (χ2v) is 5.03. The van der Waals surface area contributed by atoms with Crippen molar-refractivity contribution in [2.75, 3.05) is 20.8 Å². The van der Waals surface area contributed by atoms with E-state index in [2.05, 4.69) is 12.2 Å². The van der Waals surface area contributed by atoms with Crippen molar-refractivity contribution < 1.29 is 9.47 Å². The lowest BCUT2D eigenvalue weighted by Crippen LogP contribution is -2.13. The van der Waals surface area contributed by atoms with Crippen molar-refractivity contribution in [3.05, 3.63) is 47.0 Å². The topological polar surface area (TPSA) is 30.5 Å². The molecule has 0 aliphatic rings. The molecule has 2 aromatic carbocycles. The molecule has 2 aromatic rings. The molecule has 4 heteroatoms. The van der Waals surface area contributed by atoms with Crippen LogP contribution in [-0.2, 0) is 6.54 Å². The standard InChI is InChI=1S/C17H20ClNO2/c1-4-19-11-12-9-16(20-2)17(21-3)10-14(12)13-7-5-6-8-15(13)18/h5-10,19H,4,11H2,1-3H3. The molecule has 0 aliphatic carbocycles. The highest BCUT2D eigenvalue weighted by atomic mass is 35.5. The molecular formula is C17H20ClNO2. The molecule has 21 heavy (non-hydrogen) atoms. The van der Waals surface area contributed by atoms with Gasteiger partial charge >= 0.3 is 0 Å². The van der Waals surface area contributed by atoms with Gasteiger partial charge in [0.25, 0.3) is 0 Å². The van der Waals surface area contributed by atoms with Gasteiger partial charge in [-0.15, -0.1) is 0 Å². The van der Waals surface area contributed by atoms with Crippen molar-refractivity contribution in [3.8, 4) is 22.6 Å². The van der Waals surface area contributed by atoms with Gasteiger partial charge in [-0.25, -0.2) is 0 Å². The molecule has 112 valence electrons. The predicted molar refractivity (Wildman–Crippen MR) is 87.4 cm³/mol. The fourth-order valence-electron chi connectivity index (χ4n) is 2.26. The van der Waals surface area contributed by atoms with Crippen LogP contribution in [0.15, 0.2) is 36.4 Å². The molecule has 0 spiro atoms. The van der Waals surface area contributed by atoms with E-state index in [0.29, 0.717) is 5.75 Å². The first-order chi connectivity index (χ1) is 10.2. The Morgan fingerprint density at radius 1 is 1.00 bits per heavy atom. The van der Waals surface area contributed by atoms with Crippen LogP contribution in [-0.4, -0.2) is 20.8 Å². The van der Waals surface area contributed by atoms with Gasteiger partial charge in [0, 0.05) is 17.1 Å². The average Bonchev–Trinajstić information content (AvgIpc) is 2.52. The van der Waals surface area contributed by atoms with Crippen LogP contribution in [0.2, 0.25) is 5.02 Å². The molecule has 0 unspecified atom stereocenters. The van der Waals surface area contributed by atoms with Crippen LogP contribution in [0.1, 0.15) is 12.5 Å². The van der Waals surface area contributed by atoms with E-state index in [4.69, 9.17) is 21.1 Å². The molecule has 0 aromatic heterocycles. The summed E-state index contributed by atoms with van der Waals surface area (Å²) in [5.41, 5.74) is 3.18. The van der Waals surface area contributed by atoms with Crippen molar-refractivity contribution in [2.24, 2.45) is 0 Å². The van der Waals surface area contributed by atoms with Crippen molar-refractivity contribution in [1.82, 2.24) is 5.32 Å². The highest BCUT2D eigenvalue weighted by Gasteiger charge is 2.14. The van der Waals surface area contributed by atoms with E-state index in [9.17, 15) is 0 Å². The monoisotopic (exact) mass is 305 g/mol. The van der Waals surface area contributed by atoms with Crippen LogP contribution >= 0.6 is 11.6 Å². The molecule has 0 atom stereocenters. The minimum atomic E-state index is 0.702. The zero-order valence-corrected chi connectivity index (χ0v) is 13.3. The molecule has 1 N–H and O–H groups in total. The fraction of sp³-hybridized carbons (Fsp3) is 0.294. The number of halogens is 1. The third kappa shape index (κ3) is 3.49. The minimum absolute atomic E-state index is 0.702. The summed E-state index contributed by atoms with van der Waals surface area (Å²) in [6.07, 6.45) is 0. The van der Waals surface area contributed by atoms with Gasteiger partial charge in [-0.2, -0.15) is 0 Å². The highest BCUT2D eigenvalue weighted by molar-refractivity contribution is 6.33. The maximum absolute atomic E-state index is 6.34. The summed E-state index contributed by atoms with van der Waals surface area (Å²) in [4.78, 5) is 0. The van der Waals surface area contributed by atoms with Crippen LogP contribution < -0.4 is 14.8 Å². The molecule has 0 saturated carbocycles. The third-order valence-electron chi connectivity index (χ3n) is 3.34. The van der Waals surface area contributed by atoms with Crippen molar-refractivity contribution in [1.29, 1.82) is 0 Å². The second-order valence-electron chi connectivity index (χ2n) is 4.62. The number of benzene rings is 2. The van der Waals surface area contributed by atoms with Crippen molar-refractivity contribution >= 4 is 11.6 Å². The van der Waals surface area contributed by atoms with Crippen LogP contribution in [0.5, 0.6) is 11.5 Å².